The van der Waals surface area contributed by atoms with Crippen molar-refractivity contribution in [2.45, 2.75) is 19.9 Å². The number of hydrogen-bond acceptors (Lipinski definition) is 3. The average Bonchev–Trinajstić information content (AvgIpc) is 2.75. The largest absolute Gasteiger partial charge is 0.872 e. The molecule has 0 aliphatic heterocycles. The van der Waals surface area contributed by atoms with Crippen molar-refractivity contribution in [2.24, 2.45) is 0 Å². The number of para-hydroxylation sites is 1. The Hall–Kier alpha value is -3.24. The maximum absolute atomic E-state index is 10.8. The van der Waals surface area contributed by atoms with Crippen molar-refractivity contribution in [1.82, 2.24) is 9.55 Å². The van der Waals surface area contributed by atoms with Crippen molar-refractivity contribution in [3.8, 4) is 5.75 Å². The highest BCUT2D eigenvalue weighted by atomic mass is 32.1. The minimum atomic E-state index is 0.0347. The number of benzene rings is 1. The fraction of sp³-hybridized carbons (Fsp3) is 0.120. The molecule has 0 amide bonds. The molecule has 3 aromatic rings. The smallest absolute Gasteiger partial charge is 0.113 e. The molecule has 0 fully saturated rings. The van der Waals surface area contributed by atoms with Crippen LogP contribution < -0.4 is 5.11 Å². The molecule has 3 nitrogen and oxygen atoms in total. The molecule has 4 heteroatoms. The second-order valence-electron chi connectivity index (χ2n) is 6.17. The summed E-state index contributed by atoms with van der Waals surface area (Å²) in [5, 5.41) is 10.8. The molecule has 0 radical (unpaired) electrons. The predicted molar refractivity (Wildman–Crippen MR) is 126 cm³/mol. The first-order valence-electron chi connectivity index (χ1n) is 9.20. The summed E-state index contributed by atoms with van der Waals surface area (Å²) in [6, 6.07) is 16.9. The van der Waals surface area contributed by atoms with Crippen LogP contribution in [0.25, 0.3) is 18.2 Å². The van der Waals surface area contributed by atoms with Crippen molar-refractivity contribution in [3.05, 3.63) is 108 Å². The Labute approximate surface area is 179 Å². The summed E-state index contributed by atoms with van der Waals surface area (Å²) in [5.41, 5.74) is 2.62. The van der Waals surface area contributed by atoms with Gasteiger partial charge in [0.1, 0.15) is 4.64 Å². The monoisotopic (exact) mass is 403 g/mol. The van der Waals surface area contributed by atoms with Crippen LogP contribution in [0.4, 0.5) is 0 Å². The molecule has 2 heterocycles. The quantitative estimate of drug-likeness (QED) is 0.463. The number of pyridine rings is 2. The molecule has 0 bridgehead atoms. The Morgan fingerprint density at radius 3 is 1.97 bits per heavy atom. The third-order valence-electron chi connectivity index (χ3n) is 3.82. The maximum Gasteiger partial charge on any atom is 0.113 e. The fourth-order valence-corrected chi connectivity index (χ4v) is 2.66. The van der Waals surface area contributed by atoms with Gasteiger partial charge in [-0.25, -0.2) is 0 Å². The molecule has 0 aliphatic rings. The standard InChI is InChI=1S/C10H13NS.C8H8O.C7H7N/c1-4-9-6-5-7-11(8(2)3)10(9)12;1-2-7-5-3-4-6-8(7)9;1-2-7-5-3-4-6-8-7/h4-8H,1H2,2-3H3;2-6,9H,1H2;2-6H,1H2/p-1. The Morgan fingerprint density at radius 2 is 1.52 bits per heavy atom. The molecule has 29 heavy (non-hydrogen) atoms. The highest BCUT2D eigenvalue weighted by Crippen LogP contribution is 2.12. The van der Waals surface area contributed by atoms with Crippen molar-refractivity contribution in [3.63, 3.8) is 0 Å². The first kappa shape index (κ1) is 23.8. The minimum Gasteiger partial charge on any atom is -0.872 e. The van der Waals surface area contributed by atoms with E-state index in [4.69, 9.17) is 12.2 Å². The van der Waals surface area contributed by atoms with Gasteiger partial charge in [-0.1, -0.05) is 80.5 Å². The molecule has 0 saturated carbocycles. The van der Waals surface area contributed by atoms with Crippen molar-refractivity contribution in [1.29, 1.82) is 0 Å². The van der Waals surface area contributed by atoms with Crippen LogP contribution in [0.15, 0.2) is 86.7 Å². The van der Waals surface area contributed by atoms with E-state index in [1.165, 1.54) is 6.07 Å². The Balaban J connectivity index is 0.000000223. The van der Waals surface area contributed by atoms with Crippen LogP contribution in [0, 0.1) is 4.64 Å². The van der Waals surface area contributed by atoms with Crippen LogP contribution in [0.2, 0.25) is 0 Å². The summed E-state index contributed by atoms with van der Waals surface area (Å²) in [7, 11) is 0. The van der Waals surface area contributed by atoms with E-state index in [1.54, 1.807) is 36.6 Å². The van der Waals surface area contributed by atoms with Crippen LogP contribution >= 0.6 is 12.2 Å². The summed E-state index contributed by atoms with van der Waals surface area (Å²) in [6.45, 7) is 15.0. The normalized spacial score (nSPS) is 9.34. The van der Waals surface area contributed by atoms with E-state index in [9.17, 15) is 5.11 Å². The fourth-order valence-electron chi connectivity index (χ4n) is 2.24. The summed E-state index contributed by atoms with van der Waals surface area (Å²) in [5.74, 6) is 0.0347. The minimum absolute atomic E-state index is 0.0347. The van der Waals surface area contributed by atoms with Gasteiger partial charge in [0.25, 0.3) is 0 Å². The van der Waals surface area contributed by atoms with Crippen molar-refractivity contribution < 1.29 is 5.11 Å². The zero-order valence-electron chi connectivity index (χ0n) is 17.0. The summed E-state index contributed by atoms with van der Waals surface area (Å²) in [6.07, 6.45) is 8.82. The average molecular weight is 404 g/mol. The lowest BCUT2D eigenvalue weighted by Crippen LogP contribution is -2.02. The number of nitrogens with zero attached hydrogens (tertiary/aromatic N) is 2. The molecule has 2 aromatic heterocycles. The zero-order chi connectivity index (χ0) is 21.6. The topological polar surface area (TPSA) is 40.9 Å². The lowest BCUT2D eigenvalue weighted by molar-refractivity contribution is -0.268. The van der Waals surface area contributed by atoms with Gasteiger partial charge in [-0.05, 0) is 43.7 Å². The second-order valence-corrected chi connectivity index (χ2v) is 6.56. The van der Waals surface area contributed by atoms with E-state index in [-0.39, 0.29) is 5.75 Å². The van der Waals surface area contributed by atoms with Crippen molar-refractivity contribution in [2.75, 3.05) is 0 Å². The maximum atomic E-state index is 10.8. The number of aromatic nitrogens is 2. The van der Waals surface area contributed by atoms with Crippen molar-refractivity contribution >= 4 is 30.4 Å². The third kappa shape index (κ3) is 8.11. The number of rotatable bonds is 4. The Kier molecular flexibility index (Phi) is 10.7. The van der Waals surface area contributed by atoms with Crippen LogP contribution in [0.5, 0.6) is 5.75 Å². The van der Waals surface area contributed by atoms with Gasteiger partial charge >= 0.3 is 0 Å². The van der Waals surface area contributed by atoms with Gasteiger partial charge in [-0.15, -0.1) is 5.75 Å². The van der Waals surface area contributed by atoms with Gasteiger partial charge < -0.3 is 9.67 Å². The Morgan fingerprint density at radius 1 is 0.897 bits per heavy atom. The van der Waals surface area contributed by atoms with E-state index in [0.717, 1.165) is 15.9 Å². The Bertz CT molecular complexity index is 975. The molecular formula is C25H27N2OS-. The lowest BCUT2D eigenvalue weighted by atomic mass is 10.2. The zero-order valence-corrected chi connectivity index (χ0v) is 17.8. The second kappa shape index (κ2) is 13.0. The first-order chi connectivity index (χ1) is 13.9. The van der Waals surface area contributed by atoms with E-state index < -0.39 is 0 Å². The molecule has 0 N–H and O–H groups in total. The van der Waals surface area contributed by atoms with Gasteiger partial charge in [0, 0.05) is 24.0 Å². The van der Waals surface area contributed by atoms with Crippen LogP contribution in [0.3, 0.4) is 0 Å². The molecule has 150 valence electrons. The summed E-state index contributed by atoms with van der Waals surface area (Å²) < 4.78 is 2.93. The molecule has 0 atom stereocenters. The SMILES string of the molecule is C=Cc1ccccc1[O-].C=Cc1ccccn1.C=Cc1cccn(C(C)C)c1=S. The van der Waals surface area contributed by atoms with E-state index in [2.05, 4.69) is 43.1 Å². The van der Waals surface area contributed by atoms with Gasteiger partial charge in [0.2, 0.25) is 0 Å². The molecule has 0 unspecified atom stereocenters. The van der Waals surface area contributed by atoms with E-state index in [1.807, 2.05) is 42.6 Å². The molecule has 3 rings (SSSR count). The van der Waals surface area contributed by atoms with Gasteiger partial charge in [0.05, 0.1) is 5.69 Å². The highest BCUT2D eigenvalue weighted by Gasteiger charge is 1.98. The molecule has 0 saturated heterocycles. The highest BCUT2D eigenvalue weighted by molar-refractivity contribution is 7.71. The molecule has 0 spiro atoms. The van der Waals surface area contributed by atoms with E-state index in [0.29, 0.717) is 11.6 Å². The first-order valence-corrected chi connectivity index (χ1v) is 9.61. The van der Waals surface area contributed by atoms with Crippen LogP contribution in [0.1, 0.15) is 36.7 Å². The summed E-state index contributed by atoms with van der Waals surface area (Å²) >= 11 is 5.26. The third-order valence-corrected chi connectivity index (χ3v) is 4.26. The molecular weight excluding hydrogens is 376 g/mol. The lowest BCUT2D eigenvalue weighted by Gasteiger charge is -2.11. The van der Waals surface area contributed by atoms with Gasteiger partial charge in [0.15, 0.2) is 0 Å². The van der Waals surface area contributed by atoms with Crippen LogP contribution in [-0.4, -0.2) is 9.55 Å². The molecule has 1 aromatic carbocycles. The predicted octanol–water partition coefficient (Wildman–Crippen LogP) is 6.57. The summed E-state index contributed by atoms with van der Waals surface area (Å²) in [4.78, 5) is 3.98. The van der Waals surface area contributed by atoms with Gasteiger partial charge in [-0.3, -0.25) is 4.98 Å². The number of hydrogen-bond donors (Lipinski definition) is 0. The van der Waals surface area contributed by atoms with Gasteiger partial charge in [-0.2, -0.15) is 0 Å². The van der Waals surface area contributed by atoms with E-state index >= 15 is 0 Å². The van der Waals surface area contributed by atoms with Crippen LogP contribution in [-0.2, 0) is 0 Å². The molecule has 0 aliphatic carbocycles.